The first-order chi connectivity index (χ1) is 14.8. The van der Waals surface area contributed by atoms with Gasteiger partial charge in [0.05, 0.1) is 29.4 Å². The van der Waals surface area contributed by atoms with Gasteiger partial charge >= 0.3 is 0 Å². The van der Waals surface area contributed by atoms with Crippen molar-refractivity contribution >= 4 is 29.0 Å². The minimum absolute atomic E-state index is 0.0369. The van der Waals surface area contributed by atoms with Crippen LogP contribution in [-0.2, 0) is 4.79 Å². The highest BCUT2D eigenvalue weighted by Gasteiger charge is 2.28. The number of hydrogen-bond donors (Lipinski definition) is 2. The Bertz CT molecular complexity index is 787. The fourth-order valence-corrected chi connectivity index (χ4v) is 4.75. The molecule has 172 valence electrons. The summed E-state index contributed by atoms with van der Waals surface area (Å²) in [5.74, 6) is 1.19. The number of halogens is 1. The first kappa shape index (κ1) is 23.8. The van der Waals surface area contributed by atoms with E-state index in [-0.39, 0.29) is 23.8 Å². The summed E-state index contributed by atoms with van der Waals surface area (Å²) in [5, 5.41) is 3.48. The number of nitrogens with one attached hydrogen (secondary N) is 1. The van der Waals surface area contributed by atoms with Gasteiger partial charge in [0.25, 0.3) is 5.91 Å². The molecule has 2 fully saturated rings. The molecule has 0 aromatic heterocycles. The molecular formula is C23H35ClN4O3. The van der Waals surface area contributed by atoms with Crippen LogP contribution in [0.2, 0.25) is 5.02 Å². The number of hydrogen-bond acceptors (Lipinski definition) is 6. The highest BCUT2D eigenvalue weighted by Crippen LogP contribution is 2.29. The molecule has 1 amide bonds. The van der Waals surface area contributed by atoms with Crippen LogP contribution in [0.3, 0.4) is 0 Å². The molecule has 1 unspecified atom stereocenters. The number of rotatable bonds is 7. The van der Waals surface area contributed by atoms with E-state index in [2.05, 4.69) is 15.1 Å². The lowest BCUT2D eigenvalue weighted by atomic mass is 9.93. The molecule has 0 saturated carbocycles. The maximum atomic E-state index is 12.8. The van der Waals surface area contributed by atoms with Crippen LogP contribution in [0.5, 0.6) is 5.75 Å². The number of nitrogen functional groups attached to an aromatic ring is 1. The van der Waals surface area contributed by atoms with E-state index in [9.17, 15) is 9.59 Å². The lowest BCUT2D eigenvalue weighted by Gasteiger charge is -2.39. The van der Waals surface area contributed by atoms with Crippen molar-refractivity contribution in [2.75, 3.05) is 45.6 Å². The van der Waals surface area contributed by atoms with Crippen molar-refractivity contribution < 1.29 is 14.3 Å². The van der Waals surface area contributed by atoms with Crippen molar-refractivity contribution in [3.63, 3.8) is 0 Å². The second-order valence-electron chi connectivity index (χ2n) is 8.89. The summed E-state index contributed by atoms with van der Waals surface area (Å²) >= 11 is 6.10. The monoisotopic (exact) mass is 450 g/mol. The summed E-state index contributed by atoms with van der Waals surface area (Å²) in [7, 11) is 1.52. The van der Waals surface area contributed by atoms with Crippen molar-refractivity contribution in [3.05, 3.63) is 22.7 Å². The van der Waals surface area contributed by atoms with Gasteiger partial charge in [-0.1, -0.05) is 11.6 Å². The molecule has 31 heavy (non-hydrogen) atoms. The van der Waals surface area contributed by atoms with Crippen LogP contribution >= 0.6 is 11.6 Å². The third kappa shape index (κ3) is 6.11. The second-order valence-corrected chi connectivity index (χ2v) is 9.30. The number of amides is 1. The number of carbonyl (C=O) groups excluding carboxylic acids is 2. The van der Waals surface area contributed by atoms with Crippen LogP contribution in [0.25, 0.3) is 0 Å². The molecule has 1 aromatic rings. The fraction of sp³-hybridized carbons (Fsp3) is 0.652. The molecule has 0 bridgehead atoms. The Morgan fingerprint density at radius 2 is 1.84 bits per heavy atom. The highest BCUT2D eigenvalue weighted by atomic mass is 35.5. The number of benzene rings is 1. The van der Waals surface area contributed by atoms with Crippen LogP contribution in [0.15, 0.2) is 12.1 Å². The molecule has 0 spiro atoms. The van der Waals surface area contributed by atoms with E-state index in [1.807, 2.05) is 6.92 Å². The number of nitrogens with two attached hydrogens (primary N) is 1. The lowest BCUT2D eigenvalue weighted by molar-refractivity contribution is -0.122. The van der Waals surface area contributed by atoms with Crippen molar-refractivity contribution in [1.82, 2.24) is 15.1 Å². The molecule has 3 N–H and O–H groups in total. The first-order valence-corrected chi connectivity index (χ1v) is 11.6. The van der Waals surface area contributed by atoms with Crippen LogP contribution in [0.1, 0.15) is 49.9 Å². The fourth-order valence-electron chi connectivity index (χ4n) is 4.58. The normalized spacial score (nSPS) is 20.4. The Morgan fingerprint density at radius 1 is 1.19 bits per heavy atom. The van der Waals surface area contributed by atoms with Gasteiger partial charge in [0, 0.05) is 31.7 Å². The highest BCUT2D eigenvalue weighted by molar-refractivity contribution is 6.33. The third-order valence-corrected chi connectivity index (χ3v) is 7.12. The molecule has 2 saturated heterocycles. The maximum absolute atomic E-state index is 12.8. The van der Waals surface area contributed by atoms with E-state index in [1.54, 1.807) is 19.1 Å². The smallest absolute Gasteiger partial charge is 0.255 e. The molecule has 1 aromatic carbocycles. The number of likely N-dealkylation sites (tertiary alicyclic amines) is 2. The number of anilines is 1. The zero-order valence-corrected chi connectivity index (χ0v) is 19.6. The van der Waals surface area contributed by atoms with E-state index in [4.69, 9.17) is 22.1 Å². The SMILES string of the molecule is COc1cc(N)c(Cl)cc1C(=O)NC1CCN(CC2CCN(C(C)C(C)=O)CC2)CC1. The molecule has 1 atom stereocenters. The average Bonchev–Trinajstić information content (AvgIpc) is 2.76. The zero-order valence-electron chi connectivity index (χ0n) is 18.8. The van der Waals surface area contributed by atoms with Crippen LogP contribution in [0.4, 0.5) is 5.69 Å². The van der Waals surface area contributed by atoms with Crippen LogP contribution in [0, 0.1) is 5.92 Å². The minimum atomic E-state index is -0.177. The van der Waals surface area contributed by atoms with E-state index >= 15 is 0 Å². The van der Waals surface area contributed by atoms with Gasteiger partial charge < -0.3 is 20.7 Å². The molecule has 8 heteroatoms. The van der Waals surface area contributed by atoms with E-state index < -0.39 is 0 Å². The summed E-state index contributed by atoms with van der Waals surface area (Å²) in [6.45, 7) is 8.76. The number of carbonyl (C=O) groups is 2. The van der Waals surface area contributed by atoms with Gasteiger partial charge in [-0.3, -0.25) is 14.5 Å². The van der Waals surface area contributed by atoms with E-state index in [0.717, 1.165) is 58.4 Å². The van der Waals surface area contributed by atoms with E-state index in [0.29, 0.717) is 27.9 Å². The molecule has 2 heterocycles. The van der Waals surface area contributed by atoms with Crippen molar-refractivity contribution in [2.24, 2.45) is 5.92 Å². The summed E-state index contributed by atoms with van der Waals surface area (Å²) in [5.41, 5.74) is 6.62. The van der Waals surface area contributed by atoms with Crippen LogP contribution in [-0.4, -0.2) is 73.4 Å². The largest absolute Gasteiger partial charge is 0.496 e. The average molecular weight is 451 g/mol. The maximum Gasteiger partial charge on any atom is 0.255 e. The van der Waals surface area contributed by atoms with Gasteiger partial charge in [-0.2, -0.15) is 0 Å². The molecule has 3 rings (SSSR count). The molecule has 0 radical (unpaired) electrons. The first-order valence-electron chi connectivity index (χ1n) is 11.2. The van der Waals surface area contributed by atoms with E-state index in [1.165, 1.54) is 7.11 Å². The lowest BCUT2D eigenvalue weighted by Crippen LogP contribution is -2.48. The van der Waals surface area contributed by atoms with Gasteiger partial charge in [-0.15, -0.1) is 0 Å². The number of nitrogens with zero attached hydrogens (tertiary/aromatic N) is 2. The van der Waals surface area contributed by atoms with Gasteiger partial charge in [0.15, 0.2) is 0 Å². The second kappa shape index (κ2) is 10.7. The molecule has 2 aliphatic heterocycles. The molecule has 2 aliphatic rings. The van der Waals surface area contributed by atoms with Gasteiger partial charge in [-0.25, -0.2) is 0 Å². The number of Topliss-reactive ketones (excluding diaryl/α,β-unsaturated/α-hetero) is 1. The predicted molar refractivity (Wildman–Crippen MR) is 124 cm³/mol. The summed E-state index contributed by atoms with van der Waals surface area (Å²) in [4.78, 5) is 29.2. The Labute approximate surface area is 190 Å². The van der Waals surface area contributed by atoms with Crippen molar-refractivity contribution in [3.8, 4) is 5.75 Å². The number of ether oxygens (including phenoxy) is 1. The predicted octanol–water partition coefficient (Wildman–Crippen LogP) is 2.81. The number of ketones is 1. The summed E-state index contributed by atoms with van der Waals surface area (Å²) in [6.07, 6.45) is 4.14. The van der Waals surface area contributed by atoms with Crippen molar-refractivity contribution in [1.29, 1.82) is 0 Å². The van der Waals surface area contributed by atoms with Gasteiger partial charge in [-0.05, 0) is 64.6 Å². The summed E-state index contributed by atoms with van der Waals surface area (Å²) < 4.78 is 5.30. The quantitative estimate of drug-likeness (QED) is 0.621. The standard InChI is InChI=1S/C23H35ClN4O3/c1-15(16(2)29)28-10-4-17(5-11-28)14-27-8-6-18(7-9-27)26-23(30)19-12-20(24)21(25)13-22(19)31-3/h12-13,15,17-18H,4-11,14,25H2,1-3H3,(H,26,30). The number of methoxy groups -OCH3 is 1. The Balaban J connectivity index is 1.44. The van der Waals surface area contributed by atoms with Crippen molar-refractivity contribution in [2.45, 2.75) is 51.6 Å². The Hall–Kier alpha value is -1.83. The third-order valence-electron chi connectivity index (χ3n) is 6.79. The minimum Gasteiger partial charge on any atom is -0.496 e. The van der Waals surface area contributed by atoms with Gasteiger partial charge in [0.2, 0.25) is 0 Å². The zero-order chi connectivity index (χ0) is 22.5. The summed E-state index contributed by atoms with van der Waals surface area (Å²) in [6, 6.07) is 3.33. The molecule has 7 nitrogen and oxygen atoms in total. The van der Waals surface area contributed by atoms with Gasteiger partial charge in [0.1, 0.15) is 11.5 Å². The number of piperidine rings is 2. The molecular weight excluding hydrogens is 416 g/mol. The Morgan fingerprint density at radius 3 is 2.42 bits per heavy atom. The van der Waals surface area contributed by atoms with Crippen LogP contribution < -0.4 is 15.8 Å². The Kier molecular flexibility index (Phi) is 8.19. The topological polar surface area (TPSA) is 87.9 Å². The molecule has 0 aliphatic carbocycles.